The molecule has 3 aromatic rings. The monoisotopic (exact) mass is 454 g/mol. The number of hydrogen-bond acceptors (Lipinski definition) is 5. The quantitative estimate of drug-likeness (QED) is 0.452. The van der Waals surface area contributed by atoms with Gasteiger partial charge in [-0.2, -0.15) is 13.2 Å². The number of aromatic nitrogens is 3. The van der Waals surface area contributed by atoms with Crippen LogP contribution in [0.25, 0.3) is 11.4 Å². The van der Waals surface area contributed by atoms with Crippen LogP contribution in [0.2, 0.25) is 0 Å². The Morgan fingerprint density at radius 3 is 2.67 bits per heavy atom. The fourth-order valence-corrected chi connectivity index (χ4v) is 4.47. The standard InChI is InChI=1S/C20H21F3N4OS2/c1-4-27-18(13-8-16(12(2)3)29-10-13)25-26-19(27)30-11-17(28)24-15-7-5-6-14(9-15)20(21,22)23/h5-10,12H,4,11H2,1-3H3,(H,24,28). The smallest absolute Gasteiger partial charge is 0.325 e. The van der Waals surface area contributed by atoms with Crippen LogP contribution in [0, 0.1) is 0 Å². The fourth-order valence-electron chi connectivity index (χ4n) is 2.77. The van der Waals surface area contributed by atoms with Gasteiger partial charge in [-0.05, 0) is 37.1 Å². The molecule has 5 nitrogen and oxygen atoms in total. The Balaban J connectivity index is 1.67. The summed E-state index contributed by atoms with van der Waals surface area (Å²) in [6.45, 7) is 6.86. The summed E-state index contributed by atoms with van der Waals surface area (Å²) in [6.07, 6.45) is -4.46. The number of halogens is 3. The first kappa shape index (κ1) is 22.4. The van der Waals surface area contributed by atoms with Crippen molar-refractivity contribution in [1.29, 1.82) is 0 Å². The predicted molar refractivity (Wildman–Crippen MR) is 114 cm³/mol. The second-order valence-electron chi connectivity index (χ2n) is 6.86. The van der Waals surface area contributed by atoms with Crippen LogP contribution in [0.15, 0.2) is 40.9 Å². The van der Waals surface area contributed by atoms with E-state index in [4.69, 9.17) is 0 Å². The molecular formula is C20H21F3N4OS2. The van der Waals surface area contributed by atoms with Crippen molar-refractivity contribution in [3.05, 3.63) is 46.2 Å². The fraction of sp³-hybridized carbons (Fsp3) is 0.350. The molecular weight excluding hydrogens is 433 g/mol. The molecule has 0 saturated carbocycles. The van der Waals surface area contributed by atoms with Gasteiger partial charge in [0.25, 0.3) is 0 Å². The first-order valence-corrected chi connectivity index (χ1v) is 11.2. The zero-order valence-electron chi connectivity index (χ0n) is 16.7. The van der Waals surface area contributed by atoms with E-state index in [1.807, 2.05) is 16.9 Å². The summed E-state index contributed by atoms with van der Waals surface area (Å²) in [4.78, 5) is 13.5. The van der Waals surface area contributed by atoms with Crippen LogP contribution in [0.3, 0.4) is 0 Å². The van der Waals surface area contributed by atoms with Crippen LogP contribution < -0.4 is 5.32 Å². The van der Waals surface area contributed by atoms with E-state index in [1.165, 1.54) is 28.8 Å². The Kier molecular flexibility index (Phi) is 6.87. The van der Waals surface area contributed by atoms with Gasteiger partial charge >= 0.3 is 6.18 Å². The number of benzene rings is 1. The minimum atomic E-state index is -4.46. The molecule has 0 aliphatic rings. The van der Waals surface area contributed by atoms with Gasteiger partial charge in [0, 0.05) is 28.1 Å². The van der Waals surface area contributed by atoms with Crippen LogP contribution in [-0.2, 0) is 17.5 Å². The van der Waals surface area contributed by atoms with Crippen LogP contribution in [-0.4, -0.2) is 26.4 Å². The third-order valence-electron chi connectivity index (χ3n) is 4.29. The largest absolute Gasteiger partial charge is 0.416 e. The average Bonchev–Trinajstić information content (AvgIpc) is 3.32. The van der Waals surface area contributed by atoms with Crippen molar-refractivity contribution >= 4 is 34.7 Å². The summed E-state index contributed by atoms with van der Waals surface area (Å²) >= 11 is 2.87. The molecule has 3 rings (SSSR count). The molecule has 0 atom stereocenters. The maximum Gasteiger partial charge on any atom is 0.416 e. The average molecular weight is 455 g/mol. The summed E-state index contributed by atoms with van der Waals surface area (Å²) < 4.78 is 40.4. The minimum Gasteiger partial charge on any atom is -0.325 e. The van der Waals surface area contributed by atoms with E-state index in [0.29, 0.717) is 17.6 Å². The zero-order valence-corrected chi connectivity index (χ0v) is 18.3. The molecule has 10 heteroatoms. The van der Waals surface area contributed by atoms with Gasteiger partial charge in [-0.3, -0.25) is 4.79 Å². The SMILES string of the molecule is CCn1c(SCC(=O)Nc2cccc(C(F)(F)F)c2)nnc1-c1csc(C(C)C)c1. The van der Waals surface area contributed by atoms with Gasteiger partial charge in [0.1, 0.15) is 0 Å². The normalized spacial score (nSPS) is 11.8. The molecule has 1 aromatic carbocycles. The van der Waals surface area contributed by atoms with Crippen molar-refractivity contribution in [3.63, 3.8) is 0 Å². The van der Waals surface area contributed by atoms with E-state index in [0.717, 1.165) is 23.5 Å². The van der Waals surface area contributed by atoms with Crippen LogP contribution in [0.4, 0.5) is 18.9 Å². The Morgan fingerprint density at radius 2 is 2.03 bits per heavy atom. The molecule has 2 aromatic heterocycles. The lowest BCUT2D eigenvalue weighted by Crippen LogP contribution is -2.15. The molecule has 0 aliphatic carbocycles. The van der Waals surface area contributed by atoms with Crippen molar-refractivity contribution in [3.8, 4) is 11.4 Å². The first-order chi connectivity index (χ1) is 14.2. The molecule has 0 spiro atoms. The highest BCUT2D eigenvalue weighted by Gasteiger charge is 2.30. The molecule has 0 fully saturated rings. The van der Waals surface area contributed by atoms with E-state index >= 15 is 0 Å². The zero-order chi connectivity index (χ0) is 21.9. The number of amides is 1. The molecule has 2 heterocycles. The highest BCUT2D eigenvalue weighted by atomic mass is 32.2. The lowest BCUT2D eigenvalue weighted by atomic mass is 10.1. The molecule has 0 aliphatic heterocycles. The molecule has 0 bridgehead atoms. The number of thiophene rings is 1. The van der Waals surface area contributed by atoms with Gasteiger partial charge in [0.15, 0.2) is 11.0 Å². The van der Waals surface area contributed by atoms with E-state index in [2.05, 4.69) is 35.4 Å². The van der Waals surface area contributed by atoms with Crippen molar-refractivity contribution in [2.24, 2.45) is 0 Å². The number of carbonyl (C=O) groups excluding carboxylic acids is 1. The lowest BCUT2D eigenvalue weighted by Gasteiger charge is -2.10. The summed E-state index contributed by atoms with van der Waals surface area (Å²) in [5.74, 6) is 0.760. The number of carbonyl (C=O) groups is 1. The van der Waals surface area contributed by atoms with Crippen LogP contribution >= 0.6 is 23.1 Å². The number of anilines is 1. The Labute approximate surface area is 180 Å². The molecule has 0 radical (unpaired) electrons. The first-order valence-electron chi connectivity index (χ1n) is 9.31. The van der Waals surface area contributed by atoms with Crippen molar-refractivity contribution in [2.75, 3.05) is 11.1 Å². The molecule has 30 heavy (non-hydrogen) atoms. The predicted octanol–water partition coefficient (Wildman–Crippen LogP) is 5.90. The highest BCUT2D eigenvalue weighted by molar-refractivity contribution is 7.99. The van der Waals surface area contributed by atoms with Gasteiger partial charge in [-0.15, -0.1) is 21.5 Å². The molecule has 1 amide bonds. The van der Waals surface area contributed by atoms with Crippen molar-refractivity contribution in [1.82, 2.24) is 14.8 Å². The third kappa shape index (κ3) is 5.23. The van der Waals surface area contributed by atoms with Gasteiger partial charge in [0.2, 0.25) is 5.91 Å². The van der Waals surface area contributed by atoms with E-state index in [-0.39, 0.29) is 11.4 Å². The van der Waals surface area contributed by atoms with Crippen LogP contribution in [0.1, 0.15) is 37.1 Å². The summed E-state index contributed by atoms with van der Waals surface area (Å²) in [5, 5.41) is 13.6. The Morgan fingerprint density at radius 1 is 1.27 bits per heavy atom. The third-order valence-corrected chi connectivity index (χ3v) is 6.49. The highest BCUT2D eigenvalue weighted by Crippen LogP contribution is 2.32. The number of alkyl halides is 3. The Bertz CT molecular complexity index is 1030. The van der Waals surface area contributed by atoms with E-state index in [1.54, 1.807) is 11.3 Å². The molecule has 0 saturated heterocycles. The maximum absolute atomic E-state index is 12.8. The second kappa shape index (κ2) is 9.22. The van der Waals surface area contributed by atoms with E-state index < -0.39 is 17.6 Å². The Hall–Kier alpha value is -2.33. The van der Waals surface area contributed by atoms with Crippen LogP contribution in [0.5, 0.6) is 0 Å². The number of hydrogen-bond donors (Lipinski definition) is 1. The van der Waals surface area contributed by atoms with Gasteiger partial charge in [-0.1, -0.05) is 31.7 Å². The second-order valence-corrected chi connectivity index (χ2v) is 8.74. The molecule has 160 valence electrons. The van der Waals surface area contributed by atoms with Gasteiger partial charge < -0.3 is 9.88 Å². The number of rotatable bonds is 7. The molecule has 0 unspecified atom stereocenters. The number of nitrogens with zero attached hydrogens (tertiary/aromatic N) is 3. The van der Waals surface area contributed by atoms with Gasteiger partial charge in [-0.25, -0.2) is 0 Å². The van der Waals surface area contributed by atoms with Gasteiger partial charge in [0.05, 0.1) is 11.3 Å². The van der Waals surface area contributed by atoms with Crippen molar-refractivity contribution < 1.29 is 18.0 Å². The summed E-state index contributed by atoms with van der Waals surface area (Å²) in [5.41, 5.74) is 0.283. The number of nitrogens with one attached hydrogen (secondary N) is 1. The topological polar surface area (TPSA) is 59.8 Å². The molecule has 1 N–H and O–H groups in total. The lowest BCUT2D eigenvalue weighted by molar-refractivity contribution is -0.137. The number of thioether (sulfide) groups is 1. The van der Waals surface area contributed by atoms with E-state index in [9.17, 15) is 18.0 Å². The maximum atomic E-state index is 12.8. The van der Waals surface area contributed by atoms with Crippen molar-refractivity contribution in [2.45, 2.75) is 44.6 Å². The summed E-state index contributed by atoms with van der Waals surface area (Å²) in [6, 6.07) is 6.66. The summed E-state index contributed by atoms with van der Waals surface area (Å²) in [7, 11) is 0. The minimum absolute atomic E-state index is 0.00919.